The van der Waals surface area contributed by atoms with Crippen LogP contribution in [0.2, 0.25) is 0 Å². The molecule has 0 saturated heterocycles. The Kier molecular flexibility index (Phi) is 5.36. The summed E-state index contributed by atoms with van der Waals surface area (Å²) in [6, 6.07) is 22.7. The Morgan fingerprint density at radius 3 is 2.59 bits per heavy atom. The van der Waals surface area contributed by atoms with Crippen molar-refractivity contribution in [3.05, 3.63) is 107 Å². The zero-order valence-electron chi connectivity index (χ0n) is 18.3. The van der Waals surface area contributed by atoms with Crippen molar-refractivity contribution in [1.82, 2.24) is 0 Å². The second-order valence-electron chi connectivity index (χ2n) is 8.53. The molecule has 0 radical (unpaired) electrons. The van der Waals surface area contributed by atoms with Crippen LogP contribution in [-0.4, -0.2) is 19.3 Å². The molecule has 0 spiro atoms. The quantitative estimate of drug-likeness (QED) is 0.302. The molecule has 3 aromatic rings. The predicted molar refractivity (Wildman–Crippen MR) is 129 cm³/mol. The van der Waals surface area contributed by atoms with Gasteiger partial charge in [0.2, 0.25) is 0 Å². The van der Waals surface area contributed by atoms with Gasteiger partial charge in [-0.2, -0.15) is 0 Å². The highest BCUT2D eigenvalue weighted by atomic mass is 16.5. The Morgan fingerprint density at radius 1 is 1.06 bits per heavy atom. The largest absolute Gasteiger partial charge is 0.465 e. The number of esters is 1. The summed E-state index contributed by atoms with van der Waals surface area (Å²) in [5.41, 5.74) is 7.62. The molecule has 4 nitrogen and oxygen atoms in total. The summed E-state index contributed by atoms with van der Waals surface area (Å²) in [5, 5.41) is 3.79. The average Bonchev–Trinajstić information content (AvgIpc) is 3.33. The molecule has 0 unspecified atom stereocenters. The Morgan fingerprint density at radius 2 is 1.84 bits per heavy atom. The number of fused-ring (bicyclic) bond motifs is 3. The van der Waals surface area contributed by atoms with Crippen LogP contribution in [-0.2, 0) is 4.74 Å². The van der Waals surface area contributed by atoms with Gasteiger partial charge in [-0.15, -0.1) is 0 Å². The molecule has 0 bridgehead atoms. The van der Waals surface area contributed by atoms with Gasteiger partial charge in [-0.25, -0.2) is 4.79 Å². The van der Waals surface area contributed by atoms with E-state index in [1.807, 2.05) is 18.3 Å². The molecule has 0 aromatic heterocycles. The van der Waals surface area contributed by atoms with Gasteiger partial charge in [0.15, 0.2) is 0 Å². The number of anilines is 1. The zero-order valence-corrected chi connectivity index (χ0v) is 18.3. The van der Waals surface area contributed by atoms with Crippen molar-refractivity contribution in [2.75, 3.05) is 12.4 Å². The second kappa shape index (κ2) is 8.46. The molecule has 1 heterocycles. The van der Waals surface area contributed by atoms with Crippen LogP contribution in [0.4, 0.5) is 11.4 Å². The molecule has 0 fully saturated rings. The highest BCUT2D eigenvalue weighted by molar-refractivity contribution is 5.91. The maximum absolute atomic E-state index is 11.6. The third kappa shape index (κ3) is 3.84. The van der Waals surface area contributed by atoms with E-state index in [9.17, 15) is 4.79 Å². The third-order valence-electron chi connectivity index (χ3n) is 6.46. The summed E-state index contributed by atoms with van der Waals surface area (Å²) in [6.45, 7) is 2.16. The summed E-state index contributed by atoms with van der Waals surface area (Å²) in [7, 11) is 1.38. The molecule has 160 valence electrons. The lowest BCUT2D eigenvalue weighted by atomic mass is 9.76. The molecule has 3 aromatic carbocycles. The first-order valence-electron chi connectivity index (χ1n) is 11.0. The van der Waals surface area contributed by atoms with E-state index in [2.05, 4.69) is 71.8 Å². The van der Waals surface area contributed by atoms with Crippen LogP contribution in [0.3, 0.4) is 0 Å². The highest BCUT2D eigenvalue weighted by Gasteiger charge is 2.37. The SMILES string of the molecule is COC(=O)c1ccc(C=Nc2ccc([C@@H]3Nc4ccc(C)cc4[C@H]4C=CC[C@H]43)cc2)cc1. The first kappa shape index (κ1) is 20.3. The fourth-order valence-corrected chi connectivity index (χ4v) is 4.78. The van der Waals surface area contributed by atoms with Gasteiger partial charge in [0, 0.05) is 17.8 Å². The minimum atomic E-state index is -0.335. The van der Waals surface area contributed by atoms with Crippen LogP contribution in [0.1, 0.15) is 51.0 Å². The number of benzene rings is 3. The number of carbonyl (C=O) groups is 1. The maximum Gasteiger partial charge on any atom is 0.337 e. The topological polar surface area (TPSA) is 50.7 Å². The van der Waals surface area contributed by atoms with Crippen molar-refractivity contribution in [2.45, 2.75) is 25.3 Å². The van der Waals surface area contributed by atoms with Crippen LogP contribution in [0.25, 0.3) is 0 Å². The third-order valence-corrected chi connectivity index (χ3v) is 6.46. The lowest BCUT2D eigenvalue weighted by molar-refractivity contribution is 0.0600. The van der Waals surface area contributed by atoms with Gasteiger partial charge in [-0.3, -0.25) is 4.99 Å². The van der Waals surface area contributed by atoms with Crippen molar-refractivity contribution in [1.29, 1.82) is 0 Å². The number of nitrogens with zero attached hydrogens (tertiary/aromatic N) is 1. The normalized spacial score (nSPS) is 21.1. The second-order valence-corrected chi connectivity index (χ2v) is 8.53. The lowest BCUT2D eigenvalue weighted by Gasteiger charge is -2.37. The monoisotopic (exact) mass is 422 g/mol. The summed E-state index contributed by atoms with van der Waals surface area (Å²) in [4.78, 5) is 16.1. The fraction of sp³-hybridized carbons (Fsp3) is 0.214. The summed E-state index contributed by atoms with van der Waals surface area (Å²) in [5.74, 6) is 0.673. The van der Waals surface area contributed by atoms with Crippen molar-refractivity contribution in [3.8, 4) is 0 Å². The van der Waals surface area contributed by atoms with Gasteiger partial charge in [0.1, 0.15) is 0 Å². The van der Waals surface area contributed by atoms with E-state index in [0.717, 1.165) is 17.7 Å². The Hall–Kier alpha value is -3.66. The average molecular weight is 423 g/mol. The van der Waals surface area contributed by atoms with E-state index in [4.69, 9.17) is 4.74 Å². The lowest BCUT2D eigenvalue weighted by Crippen LogP contribution is -2.29. The van der Waals surface area contributed by atoms with Gasteiger partial charge in [-0.05, 0) is 66.3 Å². The Bertz CT molecular complexity index is 1190. The fourth-order valence-electron chi connectivity index (χ4n) is 4.78. The van der Waals surface area contributed by atoms with E-state index in [0.29, 0.717) is 17.4 Å². The van der Waals surface area contributed by atoms with E-state index >= 15 is 0 Å². The van der Waals surface area contributed by atoms with Crippen molar-refractivity contribution < 1.29 is 9.53 Å². The van der Waals surface area contributed by atoms with Crippen LogP contribution in [0.5, 0.6) is 0 Å². The number of nitrogens with one attached hydrogen (secondary N) is 1. The Balaban J connectivity index is 1.33. The van der Waals surface area contributed by atoms with Crippen molar-refractivity contribution >= 4 is 23.6 Å². The van der Waals surface area contributed by atoms with Crippen LogP contribution < -0.4 is 5.32 Å². The maximum atomic E-state index is 11.6. The first-order valence-corrected chi connectivity index (χ1v) is 11.0. The first-order chi connectivity index (χ1) is 15.6. The number of allylic oxidation sites excluding steroid dienone is 2. The number of rotatable bonds is 4. The Labute approximate surface area is 188 Å². The number of aliphatic imine (C=N–C) groups is 1. The molecule has 2 aliphatic rings. The predicted octanol–water partition coefficient (Wildman–Crippen LogP) is 6.36. The van der Waals surface area contributed by atoms with Crippen LogP contribution >= 0.6 is 0 Å². The molecule has 4 heteroatoms. The number of carbonyl (C=O) groups excluding carboxylic acids is 1. The van der Waals surface area contributed by atoms with Gasteiger partial charge in [0.25, 0.3) is 0 Å². The zero-order chi connectivity index (χ0) is 22.1. The van der Waals surface area contributed by atoms with Crippen molar-refractivity contribution in [3.63, 3.8) is 0 Å². The molecule has 1 aliphatic heterocycles. The number of ether oxygens (including phenoxy) is 1. The van der Waals surface area contributed by atoms with E-state index in [1.165, 1.54) is 29.5 Å². The standard InChI is InChI=1S/C28H26N2O2/c1-18-6-15-26-25(16-18)23-4-3-5-24(23)27(30-26)20-11-13-22(14-12-20)29-17-19-7-9-21(10-8-19)28(31)32-2/h3-4,6-17,23-24,27,30H,5H2,1-2H3/t23-,24+,27-/m0/s1. The molecule has 3 atom stereocenters. The molecule has 1 N–H and O–H groups in total. The van der Waals surface area contributed by atoms with E-state index in [-0.39, 0.29) is 12.0 Å². The summed E-state index contributed by atoms with van der Waals surface area (Å²) in [6.07, 6.45) is 7.61. The number of hydrogen-bond acceptors (Lipinski definition) is 4. The molecule has 0 amide bonds. The van der Waals surface area contributed by atoms with E-state index in [1.54, 1.807) is 12.1 Å². The molecule has 0 saturated carbocycles. The number of methoxy groups -OCH3 is 1. The van der Waals surface area contributed by atoms with E-state index < -0.39 is 0 Å². The molecule has 1 aliphatic carbocycles. The minimum Gasteiger partial charge on any atom is -0.465 e. The number of hydrogen-bond donors (Lipinski definition) is 1. The van der Waals surface area contributed by atoms with Crippen LogP contribution in [0.15, 0.2) is 83.9 Å². The summed E-state index contributed by atoms with van der Waals surface area (Å²) >= 11 is 0. The smallest absolute Gasteiger partial charge is 0.337 e. The minimum absolute atomic E-state index is 0.286. The summed E-state index contributed by atoms with van der Waals surface area (Å²) < 4.78 is 4.74. The van der Waals surface area contributed by atoms with Gasteiger partial charge < -0.3 is 10.1 Å². The van der Waals surface area contributed by atoms with Gasteiger partial charge in [-0.1, -0.05) is 54.1 Å². The molecule has 5 rings (SSSR count). The highest BCUT2D eigenvalue weighted by Crippen LogP contribution is 2.50. The molecular weight excluding hydrogens is 396 g/mol. The molecule has 32 heavy (non-hydrogen) atoms. The van der Waals surface area contributed by atoms with Crippen molar-refractivity contribution in [2.24, 2.45) is 10.9 Å². The van der Waals surface area contributed by atoms with Crippen LogP contribution in [0, 0.1) is 12.8 Å². The van der Waals surface area contributed by atoms with Gasteiger partial charge in [0.05, 0.1) is 24.4 Å². The number of aryl methyl sites for hydroxylation is 1. The van der Waals surface area contributed by atoms with Gasteiger partial charge >= 0.3 is 5.97 Å². The molecular formula is C28H26N2O2.